The zero-order valence-electron chi connectivity index (χ0n) is 23.7. The molecule has 3 saturated carbocycles. The number of carbonyl (C=O) groups is 1. The molecule has 222 valence electrons. The van der Waals surface area contributed by atoms with E-state index in [1.807, 2.05) is 0 Å². The number of hydrogen-bond donors (Lipinski definition) is 4. The summed E-state index contributed by atoms with van der Waals surface area (Å²) in [4.78, 5) is 20.2. The molecule has 1 amide bonds. The lowest BCUT2D eigenvalue weighted by Crippen LogP contribution is -2.70. The minimum absolute atomic E-state index is 0.0274. The van der Waals surface area contributed by atoms with Crippen LogP contribution in [0.15, 0.2) is 47.6 Å². The topological polar surface area (TPSA) is 115 Å². The SMILES string of the molecule is C[C@@H]1CN(CC23CC(C(=O)Nc4cc(Nc5cc(-c6cc(Cl)ccc6F)nnc5SCCO)ccn4)(C2)C3)C[C@H](C)N1. The average molecular weight is 612 g/mol. The highest BCUT2D eigenvalue weighted by Gasteiger charge is 2.71. The molecule has 0 radical (unpaired) electrons. The van der Waals surface area contributed by atoms with Gasteiger partial charge in [-0.25, -0.2) is 9.37 Å². The van der Waals surface area contributed by atoms with Crippen molar-refractivity contribution < 1.29 is 14.3 Å². The number of rotatable bonds is 10. The number of nitrogens with one attached hydrogen (secondary N) is 3. The Balaban J connectivity index is 1.13. The van der Waals surface area contributed by atoms with Gasteiger partial charge in [0.2, 0.25) is 5.91 Å². The summed E-state index contributed by atoms with van der Waals surface area (Å²) in [5.41, 5.74) is 1.77. The second-order valence-corrected chi connectivity index (χ2v) is 13.6. The zero-order chi connectivity index (χ0) is 29.5. The van der Waals surface area contributed by atoms with Crippen molar-refractivity contribution in [1.82, 2.24) is 25.4 Å². The third-order valence-electron chi connectivity index (χ3n) is 8.39. The molecule has 3 aliphatic carbocycles. The van der Waals surface area contributed by atoms with E-state index in [4.69, 9.17) is 11.6 Å². The molecule has 0 unspecified atom stereocenters. The number of aliphatic hydroxyl groups excluding tert-OH is 1. The highest BCUT2D eigenvalue weighted by atomic mass is 35.5. The van der Waals surface area contributed by atoms with E-state index in [9.17, 15) is 14.3 Å². The molecule has 12 heteroatoms. The number of thioether (sulfide) groups is 1. The lowest BCUT2D eigenvalue weighted by atomic mass is 9.34. The van der Waals surface area contributed by atoms with Crippen LogP contribution in [-0.4, -0.2) is 75.2 Å². The van der Waals surface area contributed by atoms with Crippen molar-refractivity contribution in [3.63, 3.8) is 0 Å². The Hall–Kier alpha value is -2.83. The van der Waals surface area contributed by atoms with Gasteiger partial charge in [-0.3, -0.25) is 9.69 Å². The zero-order valence-corrected chi connectivity index (χ0v) is 25.2. The maximum Gasteiger partial charge on any atom is 0.231 e. The fourth-order valence-electron chi connectivity index (χ4n) is 6.98. The van der Waals surface area contributed by atoms with Gasteiger partial charge in [0.1, 0.15) is 16.7 Å². The van der Waals surface area contributed by atoms with Crippen LogP contribution in [0.4, 0.5) is 21.6 Å². The Morgan fingerprint density at radius 2 is 1.93 bits per heavy atom. The maximum atomic E-state index is 14.6. The van der Waals surface area contributed by atoms with Crippen molar-refractivity contribution in [3.05, 3.63) is 53.4 Å². The summed E-state index contributed by atoms with van der Waals surface area (Å²) >= 11 is 7.42. The highest BCUT2D eigenvalue weighted by molar-refractivity contribution is 7.99. The predicted octanol–water partition coefficient (Wildman–Crippen LogP) is 4.95. The van der Waals surface area contributed by atoms with E-state index < -0.39 is 5.82 Å². The first-order valence-electron chi connectivity index (χ1n) is 14.3. The van der Waals surface area contributed by atoms with Crippen LogP contribution in [-0.2, 0) is 4.79 Å². The van der Waals surface area contributed by atoms with Crippen LogP contribution >= 0.6 is 23.4 Å². The van der Waals surface area contributed by atoms with Gasteiger partial charge >= 0.3 is 0 Å². The highest BCUT2D eigenvalue weighted by Crippen LogP contribution is 2.73. The quantitative estimate of drug-likeness (QED) is 0.236. The van der Waals surface area contributed by atoms with Crippen molar-refractivity contribution in [2.75, 3.05) is 42.6 Å². The number of amides is 1. The van der Waals surface area contributed by atoms with E-state index in [1.54, 1.807) is 24.4 Å². The molecule has 9 nitrogen and oxygen atoms in total. The van der Waals surface area contributed by atoms with Crippen molar-refractivity contribution in [1.29, 1.82) is 0 Å². The lowest BCUT2D eigenvalue weighted by molar-refractivity contribution is -0.210. The van der Waals surface area contributed by atoms with Gasteiger partial charge in [-0.2, -0.15) is 0 Å². The van der Waals surface area contributed by atoms with Crippen LogP contribution in [0.25, 0.3) is 11.3 Å². The molecule has 3 aromatic rings. The van der Waals surface area contributed by atoms with Gasteiger partial charge in [-0.1, -0.05) is 11.6 Å². The summed E-state index contributed by atoms with van der Waals surface area (Å²) < 4.78 is 14.6. The average Bonchev–Trinajstić information content (AvgIpc) is 2.90. The number of aromatic nitrogens is 3. The third-order valence-corrected chi connectivity index (χ3v) is 9.59. The van der Waals surface area contributed by atoms with Crippen LogP contribution < -0.4 is 16.0 Å². The molecular weight excluding hydrogens is 577 g/mol. The molecule has 1 aliphatic heterocycles. The van der Waals surface area contributed by atoms with Gasteiger partial charge in [-0.15, -0.1) is 22.0 Å². The number of carbonyl (C=O) groups excluding carboxylic acids is 1. The number of benzene rings is 1. The fraction of sp³-hybridized carbons (Fsp3) is 0.467. The molecule has 3 heterocycles. The first-order chi connectivity index (χ1) is 20.2. The first-order valence-corrected chi connectivity index (χ1v) is 15.6. The van der Waals surface area contributed by atoms with Gasteiger partial charge in [0.05, 0.1) is 23.4 Å². The molecule has 2 atom stereocenters. The molecule has 4 aliphatic rings. The molecule has 1 saturated heterocycles. The van der Waals surface area contributed by atoms with E-state index in [-0.39, 0.29) is 28.9 Å². The third kappa shape index (κ3) is 5.98. The lowest BCUT2D eigenvalue weighted by Gasteiger charge is -2.70. The van der Waals surface area contributed by atoms with Gasteiger partial charge in [0, 0.05) is 66.0 Å². The van der Waals surface area contributed by atoms with Crippen LogP contribution in [0.5, 0.6) is 0 Å². The molecule has 42 heavy (non-hydrogen) atoms. The standard InChI is InChI=1S/C30H35ClFN7O2S/c1-18-12-39(13-19(2)34-18)17-29-14-30(15-29,16-29)28(41)36-26-10-21(5-6-33-26)35-25-11-24(37-38-27(25)42-8-7-40)22-9-20(31)3-4-23(22)32/h3-6,9-11,18-19,34,40H,7-8,12-17H2,1-2H3,(H2,33,35,36,37,41)/t18-,19+,29?,30?. The molecule has 7 rings (SSSR count). The number of pyridine rings is 1. The molecular formula is C30H35ClFN7O2S. The summed E-state index contributed by atoms with van der Waals surface area (Å²) in [7, 11) is 0. The van der Waals surface area contributed by atoms with E-state index >= 15 is 0 Å². The molecule has 2 bridgehead atoms. The van der Waals surface area contributed by atoms with Gasteiger partial charge < -0.3 is 21.1 Å². The monoisotopic (exact) mass is 611 g/mol. The van der Waals surface area contributed by atoms with Crippen LogP contribution in [0.1, 0.15) is 33.1 Å². The smallest absolute Gasteiger partial charge is 0.231 e. The molecule has 0 spiro atoms. The molecule has 1 aromatic carbocycles. The number of hydrogen-bond acceptors (Lipinski definition) is 9. The number of nitrogens with zero attached hydrogens (tertiary/aromatic N) is 4. The summed E-state index contributed by atoms with van der Waals surface area (Å²) in [6.45, 7) is 7.60. The minimum atomic E-state index is -0.461. The second-order valence-electron chi connectivity index (χ2n) is 12.1. The number of anilines is 3. The number of aliphatic hydroxyl groups is 1. The Morgan fingerprint density at radius 3 is 2.67 bits per heavy atom. The van der Waals surface area contributed by atoms with E-state index in [0.29, 0.717) is 50.8 Å². The van der Waals surface area contributed by atoms with Gasteiger partial charge in [0.15, 0.2) is 0 Å². The summed E-state index contributed by atoms with van der Waals surface area (Å²) in [6, 6.07) is 10.5. The Bertz CT molecular complexity index is 1460. The maximum absolute atomic E-state index is 14.6. The predicted molar refractivity (Wildman–Crippen MR) is 164 cm³/mol. The van der Waals surface area contributed by atoms with Crippen LogP contribution in [0.2, 0.25) is 5.02 Å². The van der Waals surface area contributed by atoms with E-state index in [0.717, 1.165) is 38.9 Å². The fourth-order valence-corrected chi connectivity index (χ4v) is 7.80. The van der Waals surface area contributed by atoms with Crippen molar-refractivity contribution in [3.8, 4) is 11.3 Å². The number of halogens is 2. The number of piperazine rings is 1. The van der Waals surface area contributed by atoms with Gasteiger partial charge in [0.25, 0.3) is 0 Å². The summed E-state index contributed by atoms with van der Waals surface area (Å²) in [5.74, 6) is 0.444. The van der Waals surface area contributed by atoms with Crippen molar-refractivity contribution >= 4 is 46.5 Å². The Morgan fingerprint density at radius 1 is 1.17 bits per heavy atom. The molecule has 4 N–H and O–H groups in total. The minimum Gasteiger partial charge on any atom is -0.396 e. The molecule has 2 aromatic heterocycles. The van der Waals surface area contributed by atoms with Crippen LogP contribution in [0, 0.1) is 16.6 Å². The van der Waals surface area contributed by atoms with E-state index in [2.05, 4.69) is 49.9 Å². The largest absolute Gasteiger partial charge is 0.396 e. The Labute approximate surface area is 254 Å². The second kappa shape index (κ2) is 11.7. The summed E-state index contributed by atoms with van der Waals surface area (Å²) in [6.07, 6.45) is 4.40. The van der Waals surface area contributed by atoms with Crippen molar-refractivity contribution in [2.45, 2.75) is 50.2 Å². The summed E-state index contributed by atoms with van der Waals surface area (Å²) in [5, 5.41) is 28.7. The van der Waals surface area contributed by atoms with E-state index in [1.165, 1.54) is 30.0 Å². The molecule has 4 fully saturated rings. The van der Waals surface area contributed by atoms with Crippen LogP contribution in [0.3, 0.4) is 0 Å². The Kier molecular flexibility index (Phi) is 8.14. The van der Waals surface area contributed by atoms with Crippen molar-refractivity contribution in [2.24, 2.45) is 10.8 Å². The first kappa shape index (κ1) is 29.3. The normalized spacial score (nSPS) is 26.7. The van der Waals surface area contributed by atoms with Gasteiger partial charge in [-0.05, 0) is 68.9 Å².